The van der Waals surface area contributed by atoms with Crippen LogP contribution in [-0.4, -0.2) is 62.0 Å². The lowest BCUT2D eigenvalue weighted by molar-refractivity contribution is -0.125. The Kier molecular flexibility index (Phi) is 9.09. The van der Waals surface area contributed by atoms with Crippen LogP contribution in [-0.2, 0) is 19.4 Å². The van der Waals surface area contributed by atoms with Crippen molar-refractivity contribution in [3.8, 4) is 0 Å². The molecule has 2 aromatic rings. The van der Waals surface area contributed by atoms with Gasteiger partial charge in [0.2, 0.25) is 5.91 Å². The molecule has 4 unspecified atom stereocenters. The van der Waals surface area contributed by atoms with Gasteiger partial charge in [0, 0.05) is 29.9 Å². The summed E-state index contributed by atoms with van der Waals surface area (Å²) in [5, 5.41) is 17.5. The smallest absolute Gasteiger partial charge is 0.407 e. The predicted octanol–water partition coefficient (Wildman–Crippen LogP) is 3.56. The van der Waals surface area contributed by atoms with E-state index in [1.807, 2.05) is 0 Å². The minimum Gasteiger partial charge on any atom is -0.453 e. The number of aliphatic hydroxyl groups is 1. The first kappa shape index (κ1) is 31.6. The van der Waals surface area contributed by atoms with Crippen molar-refractivity contribution in [3.63, 3.8) is 0 Å². The van der Waals surface area contributed by atoms with Crippen LogP contribution in [0.1, 0.15) is 43.0 Å². The van der Waals surface area contributed by atoms with Crippen molar-refractivity contribution in [1.29, 1.82) is 0 Å². The van der Waals surface area contributed by atoms with Crippen molar-refractivity contribution in [2.75, 3.05) is 19.0 Å². The molecule has 2 aliphatic carbocycles. The molecule has 2 bridgehead atoms. The van der Waals surface area contributed by atoms with Gasteiger partial charge in [-0.1, -0.05) is 11.6 Å². The molecule has 2 aromatic carbocycles. The van der Waals surface area contributed by atoms with Gasteiger partial charge in [-0.3, -0.25) is 9.59 Å². The summed E-state index contributed by atoms with van der Waals surface area (Å²) in [6.45, 7) is 1.31. The van der Waals surface area contributed by atoms with Gasteiger partial charge in [-0.15, -0.1) is 0 Å². The molecule has 42 heavy (non-hydrogen) atoms. The van der Waals surface area contributed by atoms with E-state index >= 15 is 0 Å². The van der Waals surface area contributed by atoms with Crippen molar-refractivity contribution < 1.29 is 45.8 Å². The Bertz CT molecular complexity index is 1490. The zero-order valence-electron chi connectivity index (χ0n) is 22.5. The van der Waals surface area contributed by atoms with E-state index in [1.54, 1.807) is 0 Å². The quantitative estimate of drug-likeness (QED) is 0.325. The molecular weight excluding hydrogens is 603 g/mol. The number of benzene rings is 2. The number of anilines is 1. The summed E-state index contributed by atoms with van der Waals surface area (Å²) < 4.78 is 72.3. The first-order valence-corrected chi connectivity index (χ1v) is 14.9. The summed E-state index contributed by atoms with van der Waals surface area (Å²) >= 11 is 6.24. The zero-order chi connectivity index (χ0) is 31.0. The van der Waals surface area contributed by atoms with Gasteiger partial charge in [0.15, 0.2) is 27.3 Å². The highest BCUT2D eigenvalue weighted by Crippen LogP contribution is 2.52. The lowest BCUT2D eigenvalue weighted by atomic mass is 9.74. The molecule has 0 saturated heterocycles. The fourth-order valence-corrected chi connectivity index (χ4v) is 8.11. The topological polar surface area (TPSA) is 151 Å². The number of methoxy groups -OCH3 is 1. The van der Waals surface area contributed by atoms with Crippen molar-refractivity contribution in [2.45, 2.75) is 54.4 Å². The van der Waals surface area contributed by atoms with E-state index in [9.17, 15) is 41.1 Å². The molecule has 15 heteroatoms. The molecular formula is C27H29ClF3N3O7S. The van der Waals surface area contributed by atoms with E-state index in [0.717, 1.165) is 13.2 Å². The maximum absolute atomic E-state index is 13.7. The monoisotopic (exact) mass is 631 g/mol. The fraction of sp³-hybridized carbons (Fsp3) is 0.444. The molecule has 5 atom stereocenters. The lowest BCUT2D eigenvalue weighted by Crippen LogP contribution is -2.56. The van der Waals surface area contributed by atoms with Crippen LogP contribution in [0.4, 0.5) is 23.7 Å². The van der Waals surface area contributed by atoms with Crippen LogP contribution in [0.25, 0.3) is 0 Å². The second-order valence-electron chi connectivity index (χ2n) is 10.5. The highest BCUT2D eigenvalue weighted by molar-refractivity contribution is 7.92. The van der Waals surface area contributed by atoms with Crippen LogP contribution in [0.15, 0.2) is 35.2 Å². The van der Waals surface area contributed by atoms with E-state index in [4.69, 9.17) is 11.6 Å². The number of alkyl carbamates (subject to hydrolysis) is 1. The highest BCUT2D eigenvalue weighted by atomic mass is 35.5. The van der Waals surface area contributed by atoms with Gasteiger partial charge >= 0.3 is 6.09 Å². The van der Waals surface area contributed by atoms with E-state index in [-0.39, 0.29) is 40.6 Å². The van der Waals surface area contributed by atoms with Gasteiger partial charge < -0.3 is 25.8 Å². The summed E-state index contributed by atoms with van der Waals surface area (Å²) in [4.78, 5) is 36.2. The average molecular weight is 632 g/mol. The molecule has 10 nitrogen and oxygen atoms in total. The predicted molar refractivity (Wildman–Crippen MR) is 145 cm³/mol. The number of carbonyl (C=O) groups is 3. The van der Waals surface area contributed by atoms with Crippen molar-refractivity contribution >= 4 is 45.0 Å². The maximum atomic E-state index is 13.7. The molecule has 0 radical (unpaired) electrons. The number of carbonyl (C=O) groups excluding carboxylic acids is 3. The van der Waals surface area contributed by atoms with Crippen LogP contribution < -0.4 is 16.0 Å². The van der Waals surface area contributed by atoms with Gasteiger partial charge in [0.1, 0.15) is 6.04 Å². The number of halogens is 4. The van der Waals surface area contributed by atoms with Crippen LogP contribution >= 0.6 is 11.6 Å². The molecule has 4 N–H and O–H groups in total. The van der Waals surface area contributed by atoms with Gasteiger partial charge in [0.25, 0.3) is 5.91 Å². The normalized spacial score (nSPS) is 24.0. The summed E-state index contributed by atoms with van der Waals surface area (Å²) in [7, 11) is -2.96. The number of rotatable bonds is 8. The Morgan fingerprint density at radius 3 is 2.26 bits per heavy atom. The van der Waals surface area contributed by atoms with Crippen LogP contribution in [0.2, 0.25) is 5.02 Å². The van der Waals surface area contributed by atoms with E-state index in [1.165, 1.54) is 19.1 Å². The third-order valence-corrected chi connectivity index (χ3v) is 10.7. The SMILES string of the molecule is COC(=O)NC(C)C(=O)NCC1(O)C2CC[C@H]1CC(S(=O)(=O)c1cc(C(=O)Nc3cc(F)c(F)c(F)c3)ccc1Cl)C2. The lowest BCUT2D eigenvalue weighted by Gasteiger charge is -2.42. The molecule has 228 valence electrons. The first-order valence-electron chi connectivity index (χ1n) is 13.0. The Morgan fingerprint density at radius 2 is 1.69 bits per heavy atom. The number of fused-ring (bicyclic) bond motifs is 2. The van der Waals surface area contributed by atoms with E-state index < -0.39 is 73.9 Å². The molecule has 2 aliphatic rings. The van der Waals surface area contributed by atoms with Gasteiger partial charge in [0.05, 0.1) is 27.9 Å². The molecule has 2 fully saturated rings. The highest BCUT2D eigenvalue weighted by Gasteiger charge is 2.55. The number of nitrogens with one attached hydrogen (secondary N) is 3. The standard InChI is InChI=1S/C27H29ClF3N3O7S/c1-13(33-26(37)41-2)24(35)32-12-27(38)15-4-5-16(27)9-18(8-15)42(39,40)22-7-14(3-6-19(22)28)25(36)34-17-10-20(29)23(31)21(30)11-17/h3,6-7,10-11,13,15-16,18,38H,4-5,8-9,12H2,1-2H3,(H,32,35)(H,33,37)(H,34,36)/t13?,15-,16?,18?,27?/m0/s1. The van der Waals surface area contributed by atoms with Crippen LogP contribution in [0.5, 0.6) is 0 Å². The summed E-state index contributed by atoms with van der Waals surface area (Å²) in [5.74, 6) is -7.10. The Hall–Kier alpha value is -3.36. The van der Waals surface area contributed by atoms with E-state index in [0.29, 0.717) is 25.0 Å². The second-order valence-corrected chi connectivity index (χ2v) is 13.1. The van der Waals surface area contributed by atoms with Crippen molar-refractivity contribution in [2.24, 2.45) is 11.8 Å². The molecule has 0 heterocycles. The second kappa shape index (κ2) is 12.1. The molecule has 2 saturated carbocycles. The number of amides is 3. The van der Waals surface area contributed by atoms with Crippen molar-refractivity contribution in [1.82, 2.24) is 10.6 Å². The Labute approximate surface area is 244 Å². The first-order chi connectivity index (χ1) is 19.7. The van der Waals surface area contributed by atoms with Crippen molar-refractivity contribution in [3.05, 3.63) is 58.4 Å². The number of ether oxygens (including phenoxy) is 1. The van der Waals surface area contributed by atoms with Gasteiger partial charge in [-0.2, -0.15) is 0 Å². The summed E-state index contributed by atoms with van der Waals surface area (Å²) in [6, 6.07) is 3.74. The minimum atomic E-state index is -4.12. The maximum Gasteiger partial charge on any atom is 0.407 e. The number of sulfone groups is 1. The summed E-state index contributed by atoms with van der Waals surface area (Å²) in [5.41, 5.74) is -1.91. The Balaban J connectivity index is 1.48. The van der Waals surface area contributed by atoms with Gasteiger partial charge in [-0.25, -0.2) is 26.4 Å². The number of hydrogen-bond acceptors (Lipinski definition) is 7. The largest absolute Gasteiger partial charge is 0.453 e. The molecule has 0 spiro atoms. The Morgan fingerprint density at radius 1 is 1.10 bits per heavy atom. The molecule has 0 aliphatic heterocycles. The third kappa shape index (κ3) is 6.20. The minimum absolute atomic E-state index is 0.0715. The molecule has 0 aromatic heterocycles. The molecule has 3 amide bonds. The zero-order valence-corrected chi connectivity index (χ0v) is 24.1. The van der Waals surface area contributed by atoms with Gasteiger partial charge in [-0.05, 0) is 62.6 Å². The third-order valence-electron chi connectivity index (χ3n) is 8.01. The van der Waals surface area contributed by atoms with E-state index in [2.05, 4.69) is 20.7 Å². The summed E-state index contributed by atoms with van der Waals surface area (Å²) in [6.07, 6.45) is 0.407. The average Bonchev–Trinajstić information content (AvgIpc) is 3.09. The van der Waals surface area contributed by atoms with Crippen LogP contribution in [0, 0.1) is 29.3 Å². The molecule has 4 rings (SSSR count). The van der Waals surface area contributed by atoms with Crippen LogP contribution in [0.3, 0.4) is 0 Å². The number of hydrogen-bond donors (Lipinski definition) is 4. The fourth-order valence-electron chi connectivity index (χ4n) is 5.71.